The SMILES string of the molecule is C[C@H]1C=C(O)c2ncnc(N3CCN(C(=O)OC(C)(C)C)CC3)c21. The van der Waals surface area contributed by atoms with Gasteiger partial charge in [-0.1, -0.05) is 6.92 Å². The van der Waals surface area contributed by atoms with Crippen molar-refractivity contribution in [1.29, 1.82) is 0 Å². The number of ether oxygens (including phenoxy) is 1. The predicted octanol–water partition coefficient (Wildman–Crippen LogP) is 2.55. The predicted molar refractivity (Wildman–Crippen MR) is 91.1 cm³/mol. The maximum absolute atomic E-state index is 12.2. The monoisotopic (exact) mass is 332 g/mol. The molecule has 3 rings (SSSR count). The molecule has 1 aromatic rings. The molecule has 1 saturated heterocycles. The van der Waals surface area contributed by atoms with Crippen LogP contribution in [0.15, 0.2) is 12.4 Å². The van der Waals surface area contributed by atoms with E-state index in [0.29, 0.717) is 31.9 Å². The number of piperazine rings is 1. The zero-order chi connectivity index (χ0) is 17.5. The van der Waals surface area contributed by atoms with Crippen molar-refractivity contribution in [1.82, 2.24) is 14.9 Å². The van der Waals surface area contributed by atoms with Crippen molar-refractivity contribution in [3.8, 4) is 0 Å². The van der Waals surface area contributed by atoms with E-state index in [9.17, 15) is 9.90 Å². The highest BCUT2D eigenvalue weighted by atomic mass is 16.6. The van der Waals surface area contributed by atoms with E-state index in [-0.39, 0.29) is 17.8 Å². The highest BCUT2D eigenvalue weighted by Gasteiger charge is 2.31. The molecule has 2 heterocycles. The number of aromatic nitrogens is 2. The van der Waals surface area contributed by atoms with Crippen molar-refractivity contribution in [3.05, 3.63) is 23.7 Å². The molecule has 0 radical (unpaired) electrons. The van der Waals surface area contributed by atoms with Crippen molar-refractivity contribution >= 4 is 17.7 Å². The minimum atomic E-state index is -0.486. The van der Waals surface area contributed by atoms with E-state index in [1.807, 2.05) is 27.7 Å². The lowest BCUT2D eigenvalue weighted by Gasteiger charge is -2.37. The first-order valence-electron chi connectivity index (χ1n) is 8.25. The molecule has 1 amide bonds. The van der Waals surface area contributed by atoms with E-state index in [4.69, 9.17) is 4.74 Å². The highest BCUT2D eigenvalue weighted by molar-refractivity contribution is 5.72. The molecule has 0 bridgehead atoms. The van der Waals surface area contributed by atoms with E-state index >= 15 is 0 Å². The van der Waals surface area contributed by atoms with E-state index in [0.717, 1.165) is 11.4 Å². The number of aliphatic hydroxyl groups is 1. The van der Waals surface area contributed by atoms with Gasteiger partial charge < -0.3 is 19.6 Å². The second kappa shape index (κ2) is 5.96. The summed E-state index contributed by atoms with van der Waals surface area (Å²) in [7, 11) is 0. The summed E-state index contributed by atoms with van der Waals surface area (Å²) in [6, 6.07) is 0. The topological polar surface area (TPSA) is 78.8 Å². The summed E-state index contributed by atoms with van der Waals surface area (Å²) in [5.41, 5.74) is 1.09. The fourth-order valence-electron chi connectivity index (χ4n) is 3.09. The van der Waals surface area contributed by atoms with Crippen LogP contribution in [0.2, 0.25) is 0 Å². The number of aliphatic hydroxyl groups excluding tert-OH is 1. The van der Waals surface area contributed by atoms with Gasteiger partial charge in [0.15, 0.2) is 0 Å². The third-order valence-electron chi connectivity index (χ3n) is 4.20. The number of amides is 1. The molecule has 0 saturated carbocycles. The quantitative estimate of drug-likeness (QED) is 0.851. The zero-order valence-electron chi connectivity index (χ0n) is 14.6. The third-order valence-corrected chi connectivity index (χ3v) is 4.20. The number of hydrogen-bond donors (Lipinski definition) is 1. The zero-order valence-corrected chi connectivity index (χ0v) is 14.6. The van der Waals surface area contributed by atoms with E-state index in [1.54, 1.807) is 11.0 Å². The number of anilines is 1. The van der Waals surface area contributed by atoms with Gasteiger partial charge in [0.25, 0.3) is 0 Å². The molecule has 1 atom stereocenters. The van der Waals surface area contributed by atoms with Crippen molar-refractivity contribution in [3.63, 3.8) is 0 Å². The number of carbonyl (C=O) groups is 1. The second-order valence-corrected chi connectivity index (χ2v) is 7.25. The lowest BCUT2D eigenvalue weighted by Crippen LogP contribution is -2.50. The number of nitrogens with zero attached hydrogens (tertiary/aromatic N) is 4. The first kappa shape index (κ1) is 16.5. The summed E-state index contributed by atoms with van der Waals surface area (Å²) in [5.74, 6) is 1.14. The first-order valence-corrected chi connectivity index (χ1v) is 8.25. The van der Waals surface area contributed by atoms with Gasteiger partial charge in [0.05, 0.1) is 0 Å². The molecule has 24 heavy (non-hydrogen) atoms. The molecule has 1 fully saturated rings. The summed E-state index contributed by atoms with van der Waals surface area (Å²) in [4.78, 5) is 24.6. The Balaban J connectivity index is 1.70. The van der Waals surface area contributed by atoms with Crippen LogP contribution in [0.1, 0.15) is 44.9 Å². The van der Waals surface area contributed by atoms with Gasteiger partial charge in [-0.3, -0.25) is 0 Å². The Morgan fingerprint density at radius 1 is 1.25 bits per heavy atom. The summed E-state index contributed by atoms with van der Waals surface area (Å²) < 4.78 is 5.42. The van der Waals surface area contributed by atoms with Crippen molar-refractivity contribution in [2.24, 2.45) is 0 Å². The molecule has 1 aliphatic carbocycles. The Morgan fingerprint density at radius 3 is 2.54 bits per heavy atom. The Labute approximate surface area is 142 Å². The normalized spacial score (nSPS) is 20.7. The third kappa shape index (κ3) is 3.16. The number of fused-ring (bicyclic) bond motifs is 1. The van der Waals surface area contributed by atoms with E-state index < -0.39 is 5.60 Å². The van der Waals surface area contributed by atoms with Crippen LogP contribution in [-0.4, -0.2) is 57.8 Å². The van der Waals surface area contributed by atoms with Crippen LogP contribution in [0.4, 0.5) is 10.6 Å². The standard InChI is InChI=1S/C17H24N4O3/c1-11-9-12(22)14-13(11)15(19-10-18-14)20-5-7-21(8-6-20)16(23)24-17(2,3)4/h9-11,22H,5-8H2,1-4H3/t11-/m0/s1. The molecule has 2 aliphatic rings. The van der Waals surface area contributed by atoms with Crippen LogP contribution in [0.3, 0.4) is 0 Å². The van der Waals surface area contributed by atoms with Crippen LogP contribution in [-0.2, 0) is 4.74 Å². The number of rotatable bonds is 1. The average Bonchev–Trinajstić information content (AvgIpc) is 2.81. The molecule has 130 valence electrons. The maximum Gasteiger partial charge on any atom is 0.410 e. The van der Waals surface area contributed by atoms with Gasteiger partial charge in [-0.2, -0.15) is 0 Å². The van der Waals surface area contributed by atoms with Crippen molar-refractivity contribution in [2.45, 2.75) is 39.2 Å². The van der Waals surface area contributed by atoms with E-state index in [1.165, 1.54) is 6.33 Å². The van der Waals surface area contributed by atoms with Crippen LogP contribution in [0.25, 0.3) is 5.76 Å². The van der Waals surface area contributed by atoms with Gasteiger partial charge in [0.2, 0.25) is 0 Å². The summed E-state index contributed by atoms with van der Waals surface area (Å²) >= 11 is 0. The second-order valence-electron chi connectivity index (χ2n) is 7.25. The fraction of sp³-hybridized carbons (Fsp3) is 0.588. The van der Waals surface area contributed by atoms with Gasteiger partial charge in [0, 0.05) is 37.7 Å². The van der Waals surface area contributed by atoms with Crippen LogP contribution < -0.4 is 4.90 Å². The summed E-state index contributed by atoms with van der Waals surface area (Å²) in [6.07, 6.45) is 3.00. The maximum atomic E-state index is 12.2. The molecular weight excluding hydrogens is 308 g/mol. The lowest BCUT2D eigenvalue weighted by atomic mass is 10.1. The van der Waals surface area contributed by atoms with Gasteiger partial charge in [-0.25, -0.2) is 14.8 Å². The molecule has 0 unspecified atom stereocenters. The van der Waals surface area contributed by atoms with E-state index in [2.05, 4.69) is 14.9 Å². The van der Waals surface area contributed by atoms with Gasteiger partial charge >= 0.3 is 6.09 Å². The minimum Gasteiger partial charge on any atom is -0.506 e. The largest absolute Gasteiger partial charge is 0.506 e. The number of allylic oxidation sites excluding steroid dienone is 1. The van der Waals surface area contributed by atoms with Gasteiger partial charge in [-0.05, 0) is 26.8 Å². The molecule has 7 nitrogen and oxygen atoms in total. The average molecular weight is 332 g/mol. The highest BCUT2D eigenvalue weighted by Crippen LogP contribution is 2.38. The number of carbonyl (C=O) groups excluding carboxylic acids is 1. The summed E-state index contributed by atoms with van der Waals surface area (Å²) in [6.45, 7) is 10.1. The van der Waals surface area contributed by atoms with Gasteiger partial charge in [-0.15, -0.1) is 0 Å². The van der Waals surface area contributed by atoms with Crippen molar-refractivity contribution < 1.29 is 14.6 Å². The van der Waals surface area contributed by atoms with Gasteiger partial charge in [0.1, 0.15) is 29.2 Å². The minimum absolute atomic E-state index is 0.0834. The molecule has 1 N–H and O–H groups in total. The lowest BCUT2D eigenvalue weighted by molar-refractivity contribution is 0.0240. The van der Waals surface area contributed by atoms with Crippen LogP contribution in [0.5, 0.6) is 0 Å². The summed E-state index contributed by atoms with van der Waals surface area (Å²) in [5, 5.41) is 9.98. The molecule has 7 heteroatoms. The van der Waals surface area contributed by atoms with Crippen LogP contribution in [0, 0.1) is 0 Å². The smallest absolute Gasteiger partial charge is 0.410 e. The molecule has 0 aromatic carbocycles. The Morgan fingerprint density at radius 2 is 1.92 bits per heavy atom. The number of hydrogen-bond acceptors (Lipinski definition) is 6. The fourth-order valence-corrected chi connectivity index (χ4v) is 3.09. The Kier molecular flexibility index (Phi) is 4.11. The molecular formula is C17H24N4O3. The molecule has 1 aliphatic heterocycles. The van der Waals surface area contributed by atoms with Crippen LogP contribution >= 0.6 is 0 Å². The Hall–Kier alpha value is -2.31. The van der Waals surface area contributed by atoms with Crippen molar-refractivity contribution in [2.75, 3.05) is 31.1 Å². The molecule has 0 spiro atoms. The Bertz CT molecular complexity index is 673. The first-order chi connectivity index (χ1) is 11.3. The molecule has 1 aromatic heterocycles.